The Labute approximate surface area is 120 Å². The Kier molecular flexibility index (Phi) is 3.47. The summed E-state index contributed by atoms with van der Waals surface area (Å²) >= 11 is 0. The van der Waals surface area contributed by atoms with Crippen LogP contribution in [0.3, 0.4) is 0 Å². The first-order valence-corrected chi connectivity index (χ1v) is 7.67. The van der Waals surface area contributed by atoms with E-state index in [1.807, 2.05) is 0 Å². The van der Waals surface area contributed by atoms with Gasteiger partial charge >= 0.3 is 5.97 Å². The van der Waals surface area contributed by atoms with Crippen LogP contribution in [0.4, 0.5) is 0 Å². The van der Waals surface area contributed by atoms with E-state index in [1.165, 1.54) is 6.07 Å². The molecular formula is C12H13NO7S. The number of rotatable bonds is 3. The monoisotopic (exact) mass is 315 g/mol. The van der Waals surface area contributed by atoms with E-state index in [2.05, 4.69) is 0 Å². The van der Waals surface area contributed by atoms with Gasteiger partial charge in [0.25, 0.3) is 0 Å². The Bertz CT molecular complexity index is 672. The van der Waals surface area contributed by atoms with Gasteiger partial charge in [0.2, 0.25) is 16.8 Å². The molecule has 0 aliphatic carbocycles. The summed E-state index contributed by atoms with van der Waals surface area (Å²) in [5.41, 5.74) is 0. The molecule has 9 heteroatoms. The quantitative estimate of drug-likeness (QED) is 0.830. The zero-order valence-corrected chi connectivity index (χ0v) is 11.7. The minimum absolute atomic E-state index is 0.0245. The second-order valence-electron chi connectivity index (χ2n) is 4.55. The summed E-state index contributed by atoms with van der Waals surface area (Å²) in [6.45, 7) is -0.149. The summed E-state index contributed by atoms with van der Waals surface area (Å²) in [4.78, 5) is 10.9. The van der Waals surface area contributed by atoms with Crippen molar-refractivity contribution in [1.82, 2.24) is 4.31 Å². The van der Waals surface area contributed by atoms with Crippen molar-refractivity contribution >= 4 is 16.0 Å². The van der Waals surface area contributed by atoms with Crippen molar-refractivity contribution in [3.8, 4) is 11.5 Å². The summed E-state index contributed by atoms with van der Waals surface area (Å²) in [5.74, 6) is -0.664. The van der Waals surface area contributed by atoms with Gasteiger partial charge in [-0.3, -0.25) is 0 Å². The summed E-state index contributed by atoms with van der Waals surface area (Å²) < 4.78 is 41.8. The van der Waals surface area contributed by atoms with Gasteiger partial charge in [-0.25, -0.2) is 13.2 Å². The van der Waals surface area contributed by atoms with Crippen LogP contribution in [-0.4, -0.2) is 56.4 Å². The van der Waals surface area contributed by atoms with Gasteiger partial charge in [0.1, 0.15) is 4.90 Å². The zero-order chi connectivity index (χ0) is 15.0. The maximum Gasteiger partial charge on any atom is 0.334 e. The number of sulfonamides is 1. The predicted octanol–water partition coefficient (Wildman–Crippen LogP) is -0.111. The molecule has 2 heterocycles. The first kappa shape index (κ1) is 14.1. The molecule has 1 saturated heterocycles. The van der Waals surface area contributed by atoms with Crippen LogP contribution in [-0.2, 0) is 19.6 Å². The molecule has 0 spiro atoms. The number of carboxylic acid groups (broad SMARTS) is 1. The Hall–Kier alpha value is -1.84. The topological polar surface area (TPSA) is 102 Å². The van der Waals surface area contributed by atoms with Crippen LogP contribution in [0.5, 0.6) is 11.5 Å². The molecule has 1 atom stereocenters. The number of carbonyl (C=O) groups is 1. The van der Waals surface area contributed by atoms with Gasteiger partial charge in [-0.15, -0.1) is 0 Å². The van der Waals surface area contributed by atoms with Crippen molar-refractivity contribution in [1.29, 1.82) is 0 Å². The third-order valence-electron chi connectivity index (χ3n) is 3.28. The molecule has 8 nitrogen and oxygen atoms in total. The van der Waals surface area contributed by atoms with E-state index in [-0.39, 0.29) is 37.1 Å². The molecule has 1 N–H and O–H groups in total. The van der Waals surface area contributed by atoms with Crippen LogP contribution >= 0.6 is 0 Å². The Balaban J connectivity index is 1.94. The minimum atomic E-state index is -3.87. The Morgan fingerprint density at radius 1 is 1.33 bits per heavy atom. The van der Waals surface area contributed by atoms with Crippen molar-refractivity contribution in [2.24, 2.45) is 0 Å². The molecule has 1 aromatic carbocycles. The second kappa shape index (κ2) is 5.17. The van der Waals surface area contributed by atoms with Crippen LogP contribution in [0, 0.1) is 0 Å². The molecule has 0 aromatic heterocycles. The fraction of sp³-hybridized carbons (Fsp3) is 0.417. The van der Waals surface area contributed by atoms with Crippen molar-refractivity contribution in [2.75, 3.05) is 26.5 Å². The Morgan fingerprint density at radius 2 is 2.14 bits per heavy atom. The molecule has 2 aliphatic heterocycles. The van der Waals surface area contributed by atoms with Crippen LogP contribution in [0.2, 0.25) is 0 Å². The lowest BCUT2D eigenvalue weighted by atomic mass is 10.3. The number of para-hydroxylation sites is 1. The summed E-state index contributed by atoms with van der Waals surface area (Å²) in [6, 6.07) is 4.57. The molecule has 1 unspecified atom stereocenters. The lowest BCUT2D eigenvalue weighted by Gasteiger charge is -2.30. The molecule has 0 radical (unpaired) electrons. The number of hydrogen-bond donors (Lipinski definition) is 1. The highest BCUT2D eigenvalue weighted by Crippen LogP contribution is 2.39. The number of morpholine rings is 1. The van der Waals surface area contributed by atoms with E-state index in [4.69, 9.17) is 19.3 Å². The number of carboxylic acids is 1. The van der Waals surface area contributed by atoms with Gasteiger partial charge in [0.05, 0.1) is 13.2 Å². The van der Waals surface area contributed by atoms with E-state index in [9.17, 15) is 13.2 Å². The highest BCUT2D eigenvalue weighted by atomic mass is 32.2. The van der Waals surface area contributed by atoms with Crippen molar-refractivity contribution in [3.05, 3.63) is 18.2 Å². The molecule has 2 aliphatic rings. The highest BCUT2D eigenvalue weighted by molar-refractivity contribution is 7.89. The molecule has 1 aromatic rings. The number of aliphatic carboxylic acids is 1. The lowest BCUT2D eigenvalue weighted by molar-refractivity contribution is -0.153. The average Bonchev–Trinajstić information content (AvgIpc) is 2.95. The number of benzene rings is 1. The van der Waals surface area contributed by atoms with Crippen LogP contribution in [0.25, 0.3) is 0 Å². The van der Waals surface area contributed by atoms with Crippen molar-refractivity contribution < 1.29 is 32.5 Å². The molecule has 0 amide bonds. The highest BCUT2D eigenvalue weighted by Gasteiger charge is 2.36. The van der Waals surface area contributed by atoms with Gasteiger partial charge in [-0.2, -0.15) is 4.31 Å². The molecule has 0 bridgehead atoms. The number of fused-ring (bicyclic) bond motifs is 1. The SMILES string of the molecule is O=C(O)C1CN(S(=O)(=O)c2cccc3c2OCO3)CCO1. The van der Waals surface area contributed by atoms with Crippen molar-refractivity contribution in [2.45, 2.75) is 11.0 Å². The van der Waals surface area contributed by atoms with E-state index < -0.39 is 22.1 Å². The van der Waals surface area contributed by atoms with Crippen LogP contribution in [0.15, 0.2) is 23.1 Å². The van der Waals surface area contributed by atoms with E-state index in [1.54, 1.807) is 12.1 Å². The van der Waals surface area contributed by atoms with Crippen LogP contribution < -0.4 is 9.47 Å². The number of nitrogens with zero attached hydrogens (tertiary/aromatic N) is 1. The number of hydrogen-bond acceptors (Lipinski definition) is 6. The van der Waals surface area contributed by atoms with Crippen LogP contribution in [0.1, 0.15) is 0 Å². The molecule has 114 valence electrons. The lowest BCUT2D eigenvalue weighted by Crippen LogP contribution is -2.48. The molecular weight excluding hydrogens is 302 g/mol. The average molecular weight is 315 g/mol. The Morgan fingerprint density at radius 3 is 2.90 bits per heavy atom. The van der Waals surface area contributed by atoms with Gasteiger partial charge in [0, 0.05) is 6.54 Å². The molecule has 0 saturated carbocycles. The van der Waals surface area contributed by atoms with Gasteiger partial charge in [0.15, 0.2) is 17.6 Å². The number of ether oxygens (including phenoxy) is 3. The van der Waals surface area contributed by atoms with Crippen molar-refractivity contribution in [3.63, 3.8) is 0 Å². The fourth-order valence-electron chi connectivity index (χ4n) is 2.24. The van der Waals surface area contributed by atoms with Gasteiger partial charge < -0.3 is 19.3 Å². The first-order chi connectivity index (χ1) is 10.00. The largest absolute Gasteiger partial charge is 0.479 e. The van der Waals surface area contributed by atoms with E-state index in [0.717, 1.165) is 4.31 Å². The van der Waals surface area contributed by atoms with E-state index in [0.29, 0.717) is 5.75 Å². The zero-order valence-electron chi connectivity index (χ0n) is 10.9. The maximum absolute atomic E-state index is 12.7. The van der Waals surface area contributed by atoms with Gasteiger partial charge in [-0.05, 0) is 12.1 Å². The summed E-state index contributed by atoms with van der Waals surface area (Å²) in [7, 11) is -3.87. The molecule has 3 rings (SSSR count). The summed E-state index contributed by atoms with van der Waals surface area (Å²) in [5, 5.41) is 8.96. The second-order valence-corrected chi connectivity index (χ2v) is 6.46. The fourth-order valence-corrected chi connectivity index (χ4v) is 3.81. The predicted molar refractivity (Wildman–Crippen MR) is 68.7 cm³/mol. The molecule has 1 fully saturated rings. The van der Waals surface area contributed by atoms with E-state index >= 15 is 0 Å². The maximum atomic E-state index is 12.7. The normalized spacial score (nSPS) is 22.2. The standard InChI is InChI=1S/C12H13NO7S/c14-12(15)9-6-13(4-5-18-9)21(16,17)10-3-1-2-8-11(10)20-7-19-8/h1-3,9H,4-7H2,(H,14,15). The smallest absolute Gasteiger partial charge is 0.334 e. The summed E-state index contributed by atoms with van der Waals surface area (Å²) in [6.07, 6.45) is -1.16. The molecule has 21 heavy (non-hydrogen) atoms. The van der Waals surface area contributed by atoms with Gasteiger partial charge in [-0.1, -0.05) is 6.07 Å². The third-order valence-corrected chi connectivity index (χ3v) is 5.17. The first-order valence-electron chi connectivity index (χ1n) is 6.23. The third kappa shape index (κ3) is 2.43. The minimum Gasteiger partial charge on any atom is -0.479 e.